The van der Waals surface area contributed by atoms with Crippen LogP contribution in [0.2, 0.25) is 0 Å². The van der Waals surface area contributed by atoms with Crippen LogP contribution in [0, 0.1) is 11.3 Å². The third-order valence-electron chi connectivity index (χ3n) is 3.78. The number of methoxy groups -OCH3 is 1. The van der Waals surface area contributed by atoms with Gasteiger partial charge < -0.3 is 13.9 Å². The van der Waals surface area contributed by atoms with Gasteiger partial charge in [-0.3, -0.25) is 0 Å². The highest BCUT2D eigenvalue weighted by molar-refractivity contribution is 5.87. The summed E-state index contributed by atoms with van der Waals surface area (Å²) in [5, 5.41) is 9.35. The number of nitriles is 1. The summed E-state index contributed by atoms with van der Waals surface area (Å²) in [6.07, 6.45) is 6.64. The average Bonchev–Trinajstić information content (AvgIpc) is 3.02. The molecule has 5 nitrogen and oxygen atoms in total. The van der Waals surface area contributed by atoms with Crippen molar-refractivity contribution in [1.82, 2.24) is 4.40 Å². The molecule has 5 heteroatoms. The van der Waals surface area contributed by atoms with E-state index in [1.807, 2.05) is 53.1 Å². The number of ether oxygens (including phenoxy) is 2. The fourth-order valence-corrected chi connectivity index (χ4v) is 2.57. The van der Waals surface area contributed by atoms with Gasteiger partial charge in [-0.1, -0.05) is 24.3 Å². The van der Waals surface area contributed by atoms with Crippen LogP contribution in [-0.2, 0) is 16.1 Å². The van der Waals surface area contributed by atoms with Gasteiger partial charge in [0.1, 0.15) is 18.4 Å². The van der Waals surface area contributed by atoms with E-state index in [1.54, 1.807) is 19.4 Å². The summed E-state index contributed by atoms with van der Waals surface area (Å²) < 4.78 is 12.3. The fraction of sp³-hybridized carbons (Fsp3) is 0.100. The van der Waals surface area contributed by atoms with E-state index in [-0.39, 0.29) is 6.61 Å². The van der Waals surface area contributed by atoms with Crippen molar-refractivity contribution in [2.24, 2.45) is 0 Å². The Morgan fingerprint density at radius 1 is 1.24 bits per heavy atom. The van der Waals surface area contributed by atoms with Gasteiger partial charge in [-0.25, -0.2) is 4.79 Å². The molecule has 2 heterocycles. The highest BCUT2D eigenvalue weighted by atomic mass is 16.5. The van der Waals surface area contributed by atoms with E-state index in [9.17, 15) is 10.1 Å². The number of carbonyl (C=O) groups is 1. The first-order valence-corrected chi connectivity index (χ1v) is 7.69. The molecule has 0 aliphatic heterocycles. The Kier molecular flexibility index (Phi) is 4.82. The summed E-state index contributed by atoms with van der Waals surface area (Å²) >= 11 is 0. The molecule has 2 aromatic heterocycles. The lowest BCUT2D eigenvalue weighted by Gasteiger charge is -2.03. The standard InChI is InChI=1S/C20H16N2O3/c1-24-19-8-3-2-6-15(19)9-10-20(23)25-14-16-13-22-11-5-4-7-18(22)17(16)12-21/h2-11,13H,14H2,1H3/b10-9+. The van der Waals surface area contributed by atoms with E-state index in [0.29, 0.717) is 16.9 Å². The molecule has 3 aromatic rings. The minimum Gasteiger partial charge on any atom is -0.496 e. The van der Waals surface area contributed by atoms with Gasteiger partial charge in [-0.2, -0.15) is 5.26 Å². The van der Waals surface area contributed by atoms with Gasteiger partial charge in [0.05, 0.1) is 18.2 Å². The molecule has 0 saturated heterocycles. The fourth-order valence-electron chi connectivity index (χ4n) is 2.57. The molecule has 0 N–H and O–H groups in total. The van der Waals surface area contributed by atoms with Gasteiger partial charge in [0, 0.05) is 29.6 Å². The van der Waals surface area contributed by atoms with Gasteiger partial charge in [-0.05, 0) is 24.3 Å². The molecule has 0 bridgehead atoms. The second-order valence-electron chi connectivity index (χ2n) is 5.32. The minimum atomic E-state index is -0.481. The highest BCUT2D eigenvalue weighted by Gasteiger charge is 2.11. The molecule has 0 radical (unpaired) electrons. The number of pyridine rings is 1. The first-order valence-electron chi connectivity index (χ1n) is 7.69. The molecule has 0 spiro atoms. The Bertz CT molecular complexity index is 980. The van der Waals surface area contributed by atoms with Crippen LogP contribution in [-0.4, -0.2) is 17.5 Å². The Morgan fingerprint density at radius 2 is 2.04 bits per heavy atom. The summed E-state index contributed by atoms with van der Waals surface area (Å²) in [6.45, 7) is 0.0413. The lowest BCUT2D eigenvalue weighted by molar-refractivity contribution is -0.138. The van der Waals surface area contributed by atoms with Crippen LogP contribution in [0.25, 0.3) is 11.6 Å². The number of aromatic nitrogens is 1. The SMILES string of the molecule is COc1ccccc1/C=C/C(=O)OCc1cn2ccccc2c1C#N. The predicted molar refractivity (Wildman–Crippen MR) is 93.9 cm³/mol. The van der Waals surface area contributed by atoms with Crippen molar-refractivity contribution in [2.75, 3.05) is 7.11 Å². The molecule has 124 valence electrons. The van der Waals surface area contributed by atoms with Crippen molar-refractivity contribution >= 4 is 17.6 Å². The number of hydrogen-bond donors (Lipinski definition) is 0. The summed E-state index contributed by atoms with van der Waals surface area (Å²) in [4.78, 5) is 12.0. The molecule has 0 fully saturated rings. The number of carbonyl (C=O) groups excluding carboxylic acids is 1. The van der Waals surface area contributed by atoms with Crippen molar-refractivity contribution < 1.29 is 14.3 Å². The number of rotatable bonds is 5. The van der Waals surface area contributed by atoms with E-state index in [1.165, 1.54) is 6.08 Å². The Labute approximate surface area is 145 Å². The van der Waals surface area contributed by atoms with Crippen molar-refractivity contribution in [3.63, 3.8) is 0 Å². The maximum atomic E-state index is 12.0. The summed E-state index contributed by atoms with van der Waals surface area (Å²) in [5.41, 5.74) is 2.77. The zero-order chi connectivity index (χ0) is 17.6. The molecule has 0 unspecified atom stereocenters. The van der Waals surface area contributed by atoms with Gasteiger partial charge in [0.25, 0.3) is 0 Å². The molecule has 0 aliphatic carbocycles. The smallest absolute Gasteiger partial charge is 0.331 e. The Morgan fingerprint density at radius 3 is 2.84 bits per heavy atom. The average molecular weight is 332 g/mol. The lowest BCUT2D eigenvalue weighted by atomic mass is 10.2. The molecular weight excluding hydrogens is 316 g/mol. The predicted octanol–water partition coefficient (Wildman–Crippen LogP) is 3.58. The molecule has 0 saturated carbocycles. The van der Waals surface area contributed by atoms with E-state index in [0.717, 1.165) is 11.1 Å². The van der Waals surface area contributed by atoms with Crippen molar-refractivity contribution in [2.45, 2.75) is 6.61 Å². The van der Waals surface area contributed by atoms with E-state index in [4.69, 9.17) is 9.47 Å². The van der Waals surface area contributed by atoms with Crippen molar-refractivity contribution in [3.8, 4) is 11.8 Å². The van der Waals surface area contributed by atoms with E-state index in [2.05, 4.69) is 6.07 Å². The first kappa shape index (κ1) is 16.3. The number of esters is 1. The molecular formula is C20H16N2O3. The van der Waals surface area contributed by atoms with Crippen molar-refractivity contribution in [1.29, 1.82) is 5.26 Å². The quantitative estimate of drug-likeness (QED) is 0.529. The Hall–Kier alpha value is -3.52. The number of benzene rings is 1. The van der Waals surface area contributed by atoms with Crippen LogP contribution in [0.4, 0.5) is 0 Å². The van der Waals surface area contributed by atoms with Crippen molar-refractivity contribution in [3.05, 3.63) is 77.6 Å². The van der Waals surface area contributed by atoms with Crippen LogP contribution in [0.5, 0.6) is 5.75 Å². The normalized spacial score (nSPS) is 10.7. The molecule has 0 aliphatic rings. The zero-order valence-electron chi connectivity index (χ0n) is 13.7. The molecule has 3 rings (SSSR count). The molecule has 0 amide bonds. The summed E-state index contributed by atoms with van der Waals surface area (Å²) in [7, 11) is 1.58. The van der Waals surface area contributed by atoms with Crippen LogP contribution < -0.4 is 4.74 Å². The third-order valence-corrected chi connectivity index (χ3v) is 3.78. The number of nitrogens with zero attached hydrogens (tertiary/aromatic N) is 2. The molecule has 25 heavy (non-hydrogen) atoms. The molecule has 1 aromatic carbocycles. The number of fused-ring (bicyclic) bond motifs is 1. The maximum Gasteiger partial charge on any atom is 0.331 e. The van der Waals surface area contributed by atoms with E-state index >= 15 is 0 Å². The van der Waals surface area contributed by atoms with E-state index < -0.39 is 5.97 Å². The topological polar surface area (TPSA) is 63.7 Å². The molecule has 0 atom stereocenters. The van der Waals surface area contributed by atoms with Gasteiger partial charge in [0.2, 0.25) is 0 Å². The second kappa shape index (κ2) is 7.37. The summed E-state index contributed by atoms with van der Waals surface area (Å²) in [6, 6.07) is 15.1. The van der Waals surface area contributed by atoms with Gasteiger partial charge >= 0.3 is 5.97 Å². The summed E-state index contributed by atoms with van der Waals surface area (Å²) in [5.74, 6) is 0.196. The monoisotopic (exact) mass is 332 g/mol. The third kappa shape index (κ3) is 3.54. The number of para-hydroxylation sites is 1. The van der Waals surface area contributed by atoms with Crippen LogP contribution >= 0.6 is 0 Å². The lowest BCUT2D eigenvalue weighted by Crippen LogP contribution is -2.01. The minimum absolute atomic E-state index is 0.0413. The highest BCUT2D eigenvalue weighted by Crippen LogP contribution is 2.20. The van der Waals surface area contributed by atoms with Gasteiger partial charge in [-0.15, -0.1) is 0 Å². The number of hydrogen-bond acceptors (Lipinski definition) is 4. The van der Waals surface area contributed by atoms with Crippen LogP contribution in [0.1, 0.15) is 16.7 Å². The van der Waals surface area contributed by atoms with Crippen LogP contribution in [0.3, 0.4) is 0 Å². The second-order valence-corrected chi connectivity index (χ2v) is 5.32. The first-order chi connectivity index (χ1) is 12.2. The largest absolute Gasteiger partial charge is 0.496 e. The maximum absolute atomic E-state index is 12.0. The van der Waals surface area contributed by atoms with Gasteiger partial charge in [0.15, 0.2) is 0 Å². The van der Waals surface area contributed by atoms with Crippen LogP contribution in [0.15, 0.2) is 60.9 Å². The zero-order valence-corrected chi connectivity index (χ0v) is 13.7. The Balaban J connectivity index is 1.71.